The molecular weight excluding hydrogens is 186 g/mol. The number of benzene rings is 1. The quantitative estimate of drug-likeness (QED) is 0.694. The fourth-order valence-corrected chi connectivity index (χ4v) is 1.63. The molecule has 2 aromatic rings. The first-order chi connectivity index (χ1) is 7.35. The highest BCUT2D eigenvalue weighted by Gasteiger charge is 2.02. The maximum Gasteiger partial charge on any atom is 0.189 e. The fraction of sp³-hybridized carbons (Fsp3) is 0.333. The van der Waals surface area contributed by atoms with Crippen molar-refractivity contribution >= 4 is 16.7 Å². The van der Waals surface area contributed by atoms with E-state index in [9.17, 15) is 0 Å². The third-order valence-electron chi connectivity index (χ3n) is 2.49. The topological polar surface area (TPSA) is 22.2 Å². The first-order valence-corrected chi connectivity index (χ1v) is 5.17. The Morgan fingerprint density at radius 2 is 2.33 bits per heavy atom. The van der Waals surface area contributed by atoms with E-state index >= 15 is 0 Å². The summed E-state index contributed by atoms with van der Waals surface area (Å²) in [5, 5.41) is 0. The molecule has 0 saturated heterocycles. The van der Waals surface area contributed by atoms with Gasteiger partial charge in [0.05, 0.1) is 23.9 Å². The van der Waals surface area contributed by atoms with Crippen LogP contribution in [0.25, 0.3) is 15.9 Å². The first-order valence-electron chi connectivity index (χ1n) is 5.17. The highest BCUT2D eigenvalue weighted by atomic mass is 15.0. The summed E-state index contributed by atoms with van der Waals surface area (Å²) < 4.78 is 2.15. The van der Waals surface area contributed by atoms with Gasteiger partial charge in [0.25, 0.3) is 0 Å². The number of rotatable bonds is 3. The second-order valence-electron chi connectivity index (χ2n) is 3.58. The zero-order valence-electron chi connectivity index (χ0n) is 8.77. The Morgan fingerprint density at radius 1 is 1.47 bits per heavy atom. The summed E-state index contributed by atoms with van der Waals surface area (Å²) >= 11 is 0. The lowest BCUT2D eigenvalue weighted by Crippen LogP contribution is -1.94. The van der Waals surface area contributed by atoms with E-state index in [1.807, 2.05) is 24.5 Å². The molecule has 76 valence electrons. The lowest BCUT2D eigenvalue weighted by molar-refractivity contribution is 0.646. The van der Waals surface area contributed by atoms with Crippen molar-refractivity contribution in [1.29, 1.82) is 0 Å². The zero-order valence-corrected chi connectivity index (χ0v) is 8.77. The second kappa shape index (κ2) is 4.14. The van der Waals surface area contributed by atoms with E-state index in [1.54, 1.807) is 0 Å². The number of hydrogen-bond donors (Lipinski definition) is 0. The summed E-state index contributed by atoms with van der Waals surface area (Å²) in [4.78, 5) is 7.69. The average molecular weight is 199 g/mol. The van der Waals surface area contributed by atoms with Crippen LogP contribution in [0.15, 0.2) is 24.5 Å². The van der Waals surface area contributed by atoms with E-state index in [-0.39, 0.29) is 0 Å². The summed E-state index contributed by atoms with van der Waals surface area (Å²) in [5.74, 6) is 0. The number of aromatic nitrogens is 2. The van der Waals surface area contributed by atoms with Gasteiger partial charge >= 0.3 is 0 Å². The molecule has 1 aromatic heterocycles. The van der Waals surface area contributed by atoms with Crippen LogP contribution in [0.4, 0.5) is 5.69 Å². The maximum atomic E-state index is 6.93. The number of imidazole rings is 1. The summed E-state index contributed by atoms with van der Waals surface area (Å²) in [6, 6.07) is 5.66. The van der Waals surface area contributed by atoms with Gasteiger partial charge in [-0.25, -0.2) is 9.83 Å². The number of nitrogens with zero attached hydrogens (tertiary/aromatic N) is 3. The van der Waals surface area contributed by atoms with Gasteiger partial charge < -0.3 is 4.57 Å². The molecule has 0 aliphatic rings. The summed E-state index contributed by atoms with van der Waals surface area (Å²) in [6.45, 7) is 10.1. The predicted octanol–water partition coefficient (Wildman–Crippen LogP) is 3.39. The van der Waals surface area contributed by atoms with Gasteiger partial charge in [-0.15, -0.1) is 0 Å². The standard InChI is InChI=1S/C12H13N3/c1-3-4-7-15-9-14-11-8-10(13-2)5-6-12(11)15/h5-6,8-9H,3-4,7H2,1H3. The third-order valence-corrected chi connectivity index (χ3v) is 2.49. The minimum Gasteiger partial charge on any atom is -0.331 e. The molecule has 2 rings (SSSR count). The van der Waals surface area contributed by atoms with Crippen molar-refractivity contribution in [2.45, 2.75) is 26.3 Å². The van der Waals surface area contributed by atoms with E-state index < -0.39 is 0 Å². The molecule has 1 aromatic carbocycles. The molecule has 0 aliphatic carbocycles. The number of unbranched alkanes of at least 4 members (excludes halogenated alkanes) is 1. The Kier molecular flexibility index (Phi) is 2.68. The van der Waals surface area contributed by atoms with E-state index in [4.69, 9.17) is 6.57 Å². The molecule has 0 aliphatic heterocycles. The first kappa shape index (κ1) is 9.72. The van der Waals surface area contributed by atoms with Gasteiger partial charge in [-0.05, 0) is 18.6 Å². The van der Waals surface area contributed by atoms with Crippen LogP contribution in [0.2, 0.25) is 0 Å². The predicted molar refractivity (Wildman–Crippen MR) is 60.9 cm³/mol. The van der Waals surface area contributed by atoms with E-state index in [1.165, 1.54) is 6.42 Å². The molecule has 0 fully saturated rings. The minimum atomic E-state index is 0.656. The third kappa shape index (κ3) is 1.84. The highest BCUT2D eigenvalue weighted by molar-refractivity contribution is 5.79. The Balaban J connectivity index is 2.39. The second-order valence-corrected chi connectivity index (χ2v) is 3.58. The van der Waals surface area contributed by atoms with E-state index in [0.29, 0.717) is 5.69 Å². The summed E-state index contributed by atoms with van der Waals surface area (Å²) in [6.07, 6.45) is 4.20. The molecular formula is C12H13N3. The summed E-state index contributed by atoms with van der Waals surface area (Å²) in [5.41, 5.74) is 2.69. The SMILES string of the molecule is [C-]#[N+]c1ccc2c(c1)ncn2CCCC. The van der Waals surface area contributed by atoms with Crippen LogP contribution in [0, 0.1) is 6.57 Å². The lowest BCUT2D eigenvalue weighted by Gasteiger charge is -2.01. The molecule has 1 heterocycles. The largest absolute Gasteiger partial charge is 0.331 e. The zero-order chi connectivity index (χ0) is 10.7. The Hall–Kier alpha value is -1.82. The van der Waals surface area contributed by atoms with Crippen molar-refractivity contribution in [2.24, 2.45) is 0 Å². The van der Waals surface area contributed by atoms with Gasteiger partial charge in [0.2, 0.25) is 0 Å². The average Bonchev–Trinajstić information content (AvgIpc) is 2.68. The van der Waals surface area contributed by atoms with E-state index in [0.717, 1.165) is 24.0 Å². The Labute approximate surface area is 89.2 Å². The van der Waals surface area contributed by atoms with Crippen LogP contribution in [0.1, 0.15) is 19.8 Å². The lowest BCUT2D eigenvalue weighted by atomic mass is 10.2. The van der Waals surface area contributed by atoms with Gasteiger partial charge in [-0.1, -0.05) is 19.4 Å². The molecule has 0 bridgehead atoms. The molecule has 0 saturated carbocycles. The molecule has 0 atom stereocenters. The monoisotopic (exact) mass is 199 g/mol. The van der Waals surface area contributed by atoms with Gasteiger partial charge in [0, 0.05) is 6.54 Å². The molecule has 0 spiro atoms. The van der Waals surface area contributed by atoms with Crippen LogP contribution in [-0.2, 0) is 6.54 Å². The summed E-state index contributed by atoms with van der Waals surface area (Å²) in [7, 11) is 0. The number of aryl methyl sites for hydroxylation is 1. The van der Waals surface area contributed by atoms with Gasteiger partial charge in [0.1, 0.15) is 0 Å². The number of hydrogen-bond acceptors (Lipinski definition) is 1. The van der Waals surface area contributed by atoms with Gasteiger partial charge in [-0.3, -0.25) is 0 Å². The molecule has 0 radical (unpaired) electrons. The van der Waals surface area contributed by atoms with Crippen molar-refractivity contribution in [3.8, 4) is 0 Å². The minimum absolute atomic E-state index is 0.656. The molecule has 3 heteroatoms. The van der Waals surface area contributed by atoms with Crippen molar-refractivity contribution in [3.05, 3.63) is 35.9 Å². The van der Waals surface area contributed by atoms with Crippen LogP contribution in [0.5, 0.6) is 0 Å². The van der Waals surface area contributed by atoms with Crippen LogP contribution in [-0.4, -0.2) is 9.55 Å². The van der Waals surface area contributed by atoms with Crippen LogP contribution in [0.3, 0.4) is 0 Å². The Bertz CT molecular complexity index is 505. The van der Waals surface area contributed by atoms with Crippen molar-refractivity contribution in [3.63, 3.8) is 0 Å². The molecule has 3 nitrogen and oxygen atoms in total. The molecule has 0 amide bonds. The van der Waals surface area contributed by atoms with Gasteiger partial charge in [0.15, 0.2) is 5.69 Å². The molecule has 0 unspecified atom stereocenters. The van der Waals surface area contributed by atoms with Crippen molar-refractivity contribution in [1.82, 2.24) is 9.55 Å². The van der Waals surface area contributed by atoms with Crippen LogP contribution < -0.4 is 0 Å². The molecule has 15 heavy (non-hydrogen) atoms. The fourth-order valence-electron chi connectivity index (χ4n) is 1.63. The van der Waals surface area contributed by atoms with Crippen molar-refractivity contribution < 1.29 is 0 Å². The smallest absolute Gasteiger partial charge is 0.189 e. The van der Waals surface area contributed by atoms with Gasteiger partial charge in [-0.2, -0.15) is 0 Å². The van der Waals surface area contributed by atoms with E-state index in [2.05, 4.69) is 21.3 Å². The van der Waals surface area contributed by atoms with Crippen molar-refractivity contribution in [2.75, 3.05) is 0 Å². The molecule has 0 N–H and O–H groups in total. The number of fused-ring (bicyclic) bond motifs is 1. The maximum absolute atomic E-state index is 6.93. The normalized spacial score (nSPS) is 10.4. The highest BCUT2D eigenvalue weighted by Crippen LogP contribution is 2.20. The Morgan fingerprint density at radius 3 is 3.07 bits per heavy atom. The van der Waals surface area contributed by atoms with Crippen LogP contribution >= 0.6 is 0 Å².